The molecule has 1 aliphatic heterocycles. The SMILES string of the molecule is CCc1ccc(OC(C)C(=O)N2CCN(C(=O)CNCCOC)CC2)cc1.Cl. The zero-order valence-corrected chi connectivity index (χ0v) is 17.8. The van der Waals surface area contributed by atoms with Crippen molar-refractivity contribution in [2.24, 2.45) is 0 Å². The Balaban J connectivity index is 0.00000392. The fourth-order valence-corrected chi connectivity index (χ4v) is 2.97. The van der Waals surface area contributed by atoms with Gasteiger partial charge >= 0.3 is 0 Å². The standard InChI is InChI=1S/C20H31N3O4.ClH/c1-4-17-5-7-18(8-6-17)27-16(2)20(25)23-12-10-22(11-13-23)19(24)15-21-9-14-26-3;/h5-8,16,21H,4,9-15H2,1-3H3;1H. The van der Waals surface area contributed by atoms with Gasteiger partial charge in [0.2, 0.25) is 5.91 Å². The lowest BCUT2D eigenvalue weighted by Gasteiger charge is -2.36. The predicted octanol–water partition coefficient (Wildman–Crippen LogP) is 1.34. The molecule has 0 aliphatic carbocycles. The molecule has 1 aromatic rings. The average molecular weight is 414 g/mol. The molecule has 7 nitrogen and oxygen atoms in total. The largest absolute Gasteiger partial charge is 0.481 e. The summed E-state index contributed by atoms with van der Waals surface area (Å²) in [5, 5.41) is 3.05. The number of carbonyl (C=O) groups is 2. The van der Waals surface area contributed by atoms with E-state index >= 15 is 0 Å². The van der Waals surface area contributed by atoms with Crippen molar-refractivity contribution in [2.45, 2.75) is 26.4 Å². The van der Waals surface area contributed by atoms with Crippen molar-refractivity contribution >= 4 is 24.2 Å². The Hall–Kier alpha value is -1.83. The van der Waals surface area contributed by atoms with Crippen LogP contribution in [-0.2, 0) is 20.7 Å². The van der Waals surface area contributed by atoms with E-state index in [0.29, 0.717) is 51.6 Å². The zero-order chi connectivity index (χ0) is 19.6. The topological polar surface area (TPSA) is 71.1 Å². The molecule has 0 radical (unpaired) electrons. The molecule has 28 heavy (non-hydrogen) atoms. The summed E-state index contributed by atoms with van der Waals surface area (Å²) < 4.78 is 10.7. The van der Waals surface area contributed by atoms with Crippen LogP contribution in [0.1, 0.15) is 19.4 Å². The van der Waals surface area contributed by atoms with Crippen LogP contribution >= 0.6 is 12.4 Å². The fraction of sp³-hybridized carbons (Fsp3) is 0.600. The molecule has 1 aromatic carbocycles. The minimum Gasteiger partial charge on any atom is -0.481 e. The molecule has 1 aliphatic rings. The molecule has 1 fully saturated rings. The number of ether oxygens (including phenoxy) is 2. The number of benzene rings is 1. The van der Waals surface area contributed by atoms with Crippen molar-refractivity contribution in [1.82, 2.24) is 15.1 Å². The van der Waals surface area contributed by atoms with E-state index in [4.69, 9.17) is 9.47 Å². The van der Waals surface area contributed by atoms with Crippen molar-refractivity contribution < 1.29 is 19.1 Å². The van der Waals surface area contributed by atoms with Crippen LogP contribution in [0.25, 0.3) is 0 Å². The quantitative estimate of drug-likeness (QED) is 0.619. The number of hydrogen-bond acceptors (Lipinski definition) is 5. The Morgan fingerprint density at radius 2 is 1.71 bits per heavy atom. The molecule has 1 atom stereocenters. The molecule has 0 aromatic heterocycles. The third-order valence-corrected chi connectivity index (χ3v) is 4.70. The highest BCUT2D eigenvalue weighted by atomic mass is 35.5. The molecular weight excluding hydrogens is 382 g/mol. The second-order valence-electron chi connectivity index (χ2n) is 6.63. The Kier molecular flexibility index (Phi) is 10.9. The van der Waals surface area contributed by atoms with Gasteiger partial charge in [-0.3, -0.25) is 9.59 Å². The Morgan fingerprint density at radius 3 is 2.29 bits per heavy atom. The summed E-state index contributed by atoms with van der Waals surface area (Å²) in [6.07, 6.45) is 0.426. The van der Waals surface area contributed by atoms with E-state index < -0.39 is 6.10 Å². The van der Waals surface area contributed by atoms with E-state index in [1.54, 1.807) is 23.8 Å². The number of methoxy groups -OCH3 is 1. The molecule has 0 bridgehead atoms. The minimum absolute atomic E-state index is 0. The Morgan fingerprint density at radius 1 is 1.11 bits per heavy atom. The highest BCUT2D eigenvalue weighted by molar-refractivity contribution is 5.85. The van der Waals surface area contributed by atoms with Crippen molar-refractivity contribution in [3.8, 4) is 5.75 Å². The second kappa shape index (κ2) is 12.6. The highest BCUT2D eigenvalue weighted by Gasteiger charge is 2.27. The summed E-state index contributed by atoms with van der Waals surface area (Å²) in [5.41, 5.74) is 1.24. The first kappa shape index (κ1) is 24.2. The molecule has 0 saturated carbocycles. The van der Waals surface area contributed by atoms with Gasteiger partial charge in [0, 0.05) is 39.8 Å². The van der Waals surface area contributed by atoms with Crippen molar-refractivity contribution in [1.29, 1.82) is 0 Å². The lowest BCUT2D eigenvalue weighted by Crippen LogP contribution is -2.54. The maximum atomic E-state index is 12.6. The number of nitrogens with one attached hydrogen (secondary N) is 1. The van der Waals surface area contributed by atoms with Crippen LogP contribution in [0.2, 0.25) is 0 Å². The van der Waals surface area contributed by atoms with E-state index in [1.165, 1.54) is 5.56 Å². The van der Waals surface area contributed by atoms with E-state index in [9.17, 15) is 9.59 Å². The number of nitrogens with zero attached hydrogens (tertiary/aromatic N) is 2. The van der Waals surface area contributed by atoms with Crippen LogP contribution in [0.3, 0.4) is 0 Å². The molecule has 1 heterocycles. The van der Waals surface area contributed by atoms with Gasteiger partial charge in [-0.2, -0.15) is 0 Å². The van der Waals surface area contributed by atoms with Crippen LogP contribution < -0.4 is 10.1 Å². The number of hydrogen-bond donors (Lipinski definition) is 1. The minimum atomic E-state index is -0.546. The Bertz CT molecular complexity index is 604. The summed E-state index contributed by atoms with van der Waals surface area (Å²) in [4.78, 5) is 28.3. The number of piperazine rings is 1. The van der Waals surface area contributed by atoms with Gasteiger partial charge in [0.25, 0.3) is 5.91 Å². The average Bonchev–Trinajstić information content (AvgIpc) is 2.71. The molecule has 2 amide bonds. The van der Waals surface area contributed by atoms with Crippen molar-refractivity contribution in [3.63, 3.8) is 0 Å². The van der Waals surface area contributed by atoms with Crippen LogP contribution in [-0.4, -0.2) is 80.7 Å². The molecule has 1 N–H and O–H groups in total. The van der Waals surface area contributed by atoms with Gasteiger partial charge in [-0.25, -0.2) is 0 Å². The first-order chi connectivity index (χ1) is 13.0. The molecule has 1 saturated heterocycles. The number of amides is 2. The Labute approximate surface area is 173 Å². The smallest absolute Gasteiger partial charge is 0.263 e. The van der Waals surface area contributed by atoms with E-state index in [0.717, 1.165) is 6.42 Å². The maximum Gasteiger partial charge on any atom is 0.263 e. The van der Waals surface area contributed by atoms with Gasteiger partial charge in [0.1, 0.15) is 5.75 Å². The number of aryl methyl sites for hydroxylation is 1. The molecule has 2 rings (SSSR count). The van der Waals surface area contributed by atoms with Gasteiger partial charge in [0.05, 0.1) is 13.2 Å². The number of halogens is 1. The lowest BCUT2D eigenvalue weighted by atomic mass is 10.2. The van der Waals surface area contributed by atoms with Crippen LogP contribution in [0, 0.1) is 0 Å². The van der Waals surface area contributed by atoms with Crippen molar-refractivity contribution in [3.05, 3.63) is 29.8 Å². The predicted molar refractivity (Wildman–Crippen MR) is 111 cm³/mol. The first-order valence-corrected chi connectivity index (χ1v) is 9.57. The second-order valence-corrected chi connectivity index (χ2v) is 6.63. The summed E-state index contributed by atoms with van der Waals surface area (Å²) in [6.45, 7) is 7.56. The summed E-state index contributed by atoms with van der Waals surface area (Å²) in [5.74, 6) is 0.711. The van der Waals surface area contributed by atoms with E-state index in [-0.39, 0.29) is 24.2 Å². The number of carbonyl (C=O) groups excluding carboxylic acids is 2. The van der Waals surface area contributed by atoms with Gasteiger partial charge < -0.3 is 24.6 Å². The van der Waals surface area contributed by atoms with Gasteiger partial charge in [-0.15, -0.1) is 12.4 Å². The maximum absolute atomic E-state index is 12.6. The first-order valence-electron chi connectivity index (χ1n) is 9.57. The number of rotatable bonds is 9. The lowest BCUT2D eigenvalue weighted by molar-refractivity contribution is -0.143. The molecule has 1 unspecified atom stereocenters. The summed E-state index contributed by atoms with van der Waals surface area (Å²) in [7, 11) is 1.63. The fourth-order valence-electron chi connectivity index (χ4n) is 2.97. The highest BCUT2D eigenvalue weighted by Crippen LogP contribution is 2.15. The third-order valence-electron chi connectivity index (χ3n) is 4.70. The van der Waals surface area contributed by atoms with E-state index in [2.05, 4.69) is 12.2 Å². The monoisotopic (exact) mass is 413 g/mol. The third kappa shape index (κ3) is 7.30. The summed E-state index contributed by atoms with van der Waals surface area (Å²) >= 11 is 0. The normalized spacial score (nSPS) is 15.0. The van der Waals surface area contributed by atoms with Crippen LogP contribution in [0.15, 0.2) is 24.3 Å². The zero-order valence-electron chi connectivity index (χ0n) is 17.0. The molecule has 0 spiro atoms. The van der Waals surface area contributed by atoms with Crippen molar-refractivity contribution in [2.75, 3.05) is 53.0 Å². The van der Waals surface area contributed by atoms with E-state index in [1.807, 2.05) is 24.3 Å². The molecule has 158 valence electrons. The van der Waals surface area contributed by atoms with Gasteiger partial charge in [-0.05, 0) is 31.0 Å². The summed E-state index contributed by atoms with van der Waals surface area (Å²) in [6, 6.07) is 7.82. The van der Waals surface area contributed by atoms with Crippen LogP contribution in [0.5, 0.6) is 5.75 Å². The van der Waals surface area contributed by atoms with Gasteiger partial charge in [-0.1, -0.05) is 19.1 Å². The molecule has 8 heteroatoms. The van der Waals surface area contributed by atoms with Crippen LogP contribution in [0.4, 0.5) is 0 Å². The molecular formula is C20H32ClN3O4. The van der Waals surface area contributed by atoms with Gasteiger partial charge in [0.15, 0.2) is 6.10 Å².